The average Bonchev–Trinajstić information content (AvgIpc) is 2.12. The van der Waals surface area contributed by atoms with Crippen molar-refractivity contribution in [3.8, 4) is 0 Å². The summed E-state index contributed by atoms with van der Waals surface area (Å²) in [6, 6.07) is 0.681. The van der Waals surface area contributed by atoms with Gasteiger partial charge in [0.15, 0.2) is 0 Å². The Balaban J connectivity index is 1.79. The van der Waals surface area contributed by atoms with Crippen LogP contribution >= 0.6 is 0 Å². The lowest BCUT2D eigenvalue weighted by molar-refractivity contribution is -0.143. The normalized spacial score (nSPS) is 37.3. The first-order valence-electron chi connectivity index (χ1n) is 5.72. The quantitative estimate of drug-likeness (QED) is 0.758. The summed E-state index contributed by atoms with van der Waals surface area (Å²) in [5.41, 5.74) is 0. The minimum absolute atomic E-state index is 0.104. The zero-order valence-electron chi connectivity index (χ0n) is 9.19. The van der Waals surface area contributed by atoms with Crippen LogP contribution in [0.1, 0.15) is 26.2 Å². The van der Waals surface area contributed by atoms with Gasteiger partial charge in [0.05, 0.1) is 19.1 Å². The highest BCUT2D eigenvalue weighted by atomic mass is 16.5. The first-order chi connectivity index (χ1) is 7.15. The number of nitrogens with zero attached hydrogens (tertiary/aromatic N) is 1. The van der Waals surface area contributed by atoms with Gasteiger partial charge in [-0.1, -0.05) is 6.92 Å². The molecule has 1 saturated heterocycles. The van der Waals surface area contributed by atoms with Gasteiger partial charge in [0.25, 0.3) is 0 Å². The number of carbonyl (C=O) groups is 1. The van der Waals surface area contributed by atoms with E-state index in [0.717, 1.165) is 19.0 Å². The molecule has 0 spiro atoms. The molecule has 4 nitrogen and oxygen atoms in total. The van der Waals surface area contributed by atoms with Crippen LogP contribution in [0.4, 0.5) is 0 Å². The van der Waals surface area contributed by atoms with Crippen LogP contribution in [0, 0.1) is 5.92 Å². The van der Waals surface area contributed by atoms with Crippen molar-refractivity contribution in [3.05, 3.63) is 0 Å². The van der Waals surface area contributed by atoms with Gasteiger partial charge < -0.3 is 9.84 Å². The van der Waals surface area contributed by atoms with Crippen molar-refractivity contribution < 1.29 is 14.6 Å². The molecule has 0 aromatic rings. The van der Waals surface area contributed by atoms with Crippen LogP contribution in [0.2, 0.25) is 0 Å². The molecule has 1 heterocycles. The van der Waals surface area contributed by atoms with Crippen molar-refractivity contribution in [1.29, 1.82) is 0 Å². The van der Waals surface area contributed by atoms with Gasteiger partial charge in [-0.3, -0.25) is 9.69 Å². The lowest BCUT2D eigenvalue weighted by Gasteiger charge is -2.45. The van der Waals surface area contributed by atoms with E-state index < -0.39 is 5.97 Å². The second-order valence-corrected chi connectivity index (χ2v) is 4.82. The number of carboxylic acids is 1. The first-order valence-corrected chi connectivity index (χ1v) is 5.72. The second kappa shape index (κ2) is 4.49. The van der Waals surface area contributed by atoms with E-state index in [0.29, 0.717) is 12.6 Å². The van der Waals surface area contributed by atoms with E-state index in [1.54, 1.807) is 0 Å². The maximum absolute atomic E-state index is 10.6. The van der Waals surface area contributed by atoms with Crippen molar-refractivity contribution in [2.75, 3.05) is 19.7 Å². The Morgan fingerprint density at radius 1 is 1.53 bits per heavy atom. The number of ether oxygens (including phenoxy) is 1. The Labute approximate surface area is 90.2 Å². The van der Waals surface area contributed by atoms with Crippen molar-refractivity contribution in [2.45, 2.75) is 38.3 Å². The minimum Gasteiger partial charge on any atom is -0.481 e. The Bertz CT molecular complexity index is 238. The minimum atomic E-state index is -0.760. The summed E-state index contributed by atoms with van der Waals surface area (Å²) >= 11 is 0. The molecule has 1 unspecified atom stereocenters. The summed E-state index contributed by atoms with van der Waals surface area (Å²) < 4.78 is 5.44. The van der Waals surface area contributed by atoms with Gasteiger partial charge in [0, 0.05) is 19.1 Å². The van der Waals surface area contributed by atoms with E-state index in [2.05, 4.69) is 11.8 Å². The predicted octanol–water partition coefficient (Wildman–Crippen LogP) is 0.960. The van der Waals surface area contributed by atoms with Crippen molar-refractivity contribution in [3.63, 3.8) is 0 Å². The summed E-state index contributed by atoms with van der Waals surface area (Å²) in [6.45, 7) is 4.71. The Morgan fingerprint density at radius 2 is 2.27 bits per heavy atom. The van der Waals surface area contributed by atoms with Crippen molar-refractivity contribution in [2.24, 2.45) is 5.92 Å². The van der Waals surface area contributed by atoms with E-state index >= 15 is 0 Å². The van der Waals surface area contributed by atoms with E-state index in [-0.39, 0.29) is 12.5 Å². The van der Waals surface area contributed by atoms with Gasteiger partial charge in [-0.2, -0.15) is 0 Å². The summed E-state index contributed by atoms with van der Waals surface area (Å²) in [4.78, 5) is 13.0. The molecule has 86 valence electrons. The van der Waals surface area contributed by atoms with Crippen LogP contribution in [0.5, 0.6) is 0 Å². The SMILES string of the molecule is CC1CC(N2CCOC(CC(=O)O)C2)C1. The molecule has 4 heteroatoms. The highest BCUT2D eigenvalue weighted by molar-refractivity contribution is 5.67. The topological polar surface area (TPSA) is 49.8 Å². The van der Waals surface area contributed by atoms with E-state index in [9.17, 15) is 4.79 Å². The Morgan fingerprint density at radius 3 is 2.87 bits per heavy atom. The van der Waals surface area contributed by atoms with Gasteiger partial charge in [-0.05, 0) is 18.8 Å². The molecule has 2 rings (SSSR count). The highest BCUT2D eigenvalue weighted by Crippen LogP contribution is 2.32. The van der Waals surface area contributed by atoms with E-state index in [1.807, 2.05) is 0 Å². The van der Waals surface area contributed by atoms with Gasteiger partial charge in [-0.25, -0.2) is 0 Å². The summed E-state index contributed by atoms with van der Waals surface area (Å²) in [7, 11) is 0. The molecule has 0 radical (unpaired) electrons. The monoisotopic (exact) mass is 213 g/mol. The van der Waals surface area contributed by atoms with Crippen LogP contribution in [0.3, 0.4) is 0 Å². The number of rotatable bonds is 3. The van der Waals surface area contributed by atoms with Crippen LogP contribution in [0.15, 0.2) is 0 Å². The van der Waals surface area contributed by atoms with Crippen LogP contribution < -0.4 is 0 Å². The van der Waals surface area contributed by atoms with Crippen molar-refractivity contribution in [1.82, 2.24) is 4.90 Å². The maximum atomic E-state index is 10.6. The number of hydrogen-bond acceptors (Lipinski definition) is 3. The molecule has 0 aromatic heterocycles. The molecule has 0 bridgehead atoms. The Kier molecular flexibility index (Phi) is 3.26. The van der Waals surface area contributed by atoms with Crippen LogP contribution in [-0.4, -0.2) is 47.8 Å². The van der Waals surface area contributed by atoms with Crippen molar-refractivity contribution >= 4 is 5.97 Å². The maximum Gasteiger partial charge on any atom is 0.306 e. The summed E-state index contributed by atoms with van der Waals surface area (Å²) in [6.07, 6.45) is 2.56. The molecule has 2 aliphatic rings. The fraction of sp³-hybridized carbons (Fsp3) is 0.909. The largest absolute Gasteiger partial charge is 0.481 e. The molecule has 15 heavy (non-hydrogen) atoms. The molecule has 2 fully saturated rings. The smallest absolute Gasteiger partial charge is 0.306 e. The molecular weight excluding hydrogens is 194 g/mol. The van der Waals surface area contributed by atoms with Gasteiger partial charge in [-0.15, -0.1) is 0 Å². The zero-order chi connectivity index (χ0) is 10.8. The fourth-order valence-electron chi connectivity index (χ4n) is 2.55. The number of morpholine rings is 1. The third kappa shape index (κ3) is 2.69. The molecule has 1 aliphatic carbocycles. The molecule has 1 atom stereocenters. The molecule has 0 aromatic carbocycles. The second-order valence-electron chi connectivity index (χ2n) is 4.82. The Hall–Kier alpha value is -0.610. The van der Waals surface area contributed by atoms with Gasteiger partial charge in [0.2, 0.25) is 0 Å². The molecular formula is C11H19NO3. The lowest BCUT2D eigenvalue weighted by Crippen LogP contribution is -2.52. The highest BCUT2D eigenvalue weighted by Gasteiger charge is 2.34. The van der Waals surface area contributed by atoms with E-state index in [4.69, 9.17) is 9.84 Å². The molecule has 1 aliphatic heterocycles. The number of hydrogen-bond donors (Lipinski definition) is 1. The molecule has 1 saturated carbocycles. The lowest BCUT2D eigenvalue weighted by atomic mass is 9.80. The van der Waals surface area contributed by atoms with Crippen LogP contribution in [0.25, 0.3) is 0 Å². The fourth-order valence-corrected chi connectivity index (χ4v) is 2.55. The van der Waals surface area contributed by atoms with E-state index in [1.165, 1.54) is 12.8 Å². The average molecular weight is 213 g/mol. The van der Waals surface area contributed by atoms with Gasteiger partial charge in [0.1, 0.15) is 0 Å². The number of aliphatic carboxylic acids is 1. The third-order valence-corrected chi connectivity index (χ3v) is 3.44. The summed E-state index contributed by atoms with van der Waals surface area (Å²) in [5.74, 6) is 0.0830. The standard InChI is InChI=1S/C11H19NO3/c1-8-4-9(5-8)12-2-3-15-10(7-12)6-11(13)14/h8-10H,2-7H2,1H3,(H,13,14). The summed E-state index contributed by atoms with van der Waals surface area (Å²) in [5, 5.41) is 8.71. The van der Waals surface area contributed by atoms with Gasteiger partial charge >= 0.3 is 5.97 Å². The number of carboxylic acid groups (broad SMARTS) is 1. The predicted molar refractivity (Wildman–Crippen MR) is 55.8 cm³/mol. The molecule has 0 amide bonds. The first kappa shape index (κ1) is 10.9. The third-order valence-electron chi connectivity index (χ3n) is 3.44. The zero-order valence-corrected chi connectivity index (χ0v) is 9.19. The molecule has 1 N–H and O–H groups in total. The van der Waals surface area contributed by atoms with Crippen LogP contribution in [-0.2, 0) is 9.53 Å².